The van der Waals surface area contributed by atoms with Crippen LogP contribution in [0.3, 0.4) is 0 Å². The predicted octanol–water partition coefficient (Wildman–Crippen LogP) is 2.19. The molecule has 0 bridgehead atoms. The van der Waals surface area contributed by atoms with E-state index in [4.69, 9.17) is 4.74 Å². The second kappa shape index (κ2) is 6.82. The van der Waals surface area contributed by atoms with Crippen LogP contribution in [0.25, 0.3) is 22.2 Å². The van der Waals surface area contributed by atoms with Crippen LogP contribution in [0.5, 0.6) is 5.75 Å². The molecule has 1 atom stereocenters. The van der Waals surface area contributed by atoms with Crippen molar-refractivity contribution in [3.05, 3.63) is 54.4 Å². The summed E-state index contributed by atoms with van der Waals surface area (Å²) >= 11 is -2.26. The summed E-state index contributed by atoms with van der Waals surface area (Å²) < 4.78 is 28.6. The molecular formula is C16H14N3O3S-. The first-order chi connectivity index (χ1) is 11.2. The third-order valence-corrected chi connectivity index (χ3v) is 3.83. The highest BCUT2D eigenvalue weighted by Gasteiger charge is 2.07. The lowest BCUT2D eigenvalue weighted by Gasteiger charge is -2.09. The topological polar surface area (TPSA) is 87.2 Å². The molecule has 3 rings (SSSR count). The molecule has 6 nitrogen and oxygen atoms in total. The lowest BCUT2D eigenvalue weighted by molar-refractivity contribution is 0.413. The maximum absolute atomic E-state index is 10.5. The van der Waals surface area contributed by atoms with Crippen LogP contribution >= 0.6 is 0 Å². The lowest BCUT2D eigenvalue weighted by Crippen LogP contribution is -2.15. The Balaban J connectivity index is 1.95. The fourth-order valence-electron chi connectivity index (χ4n) is 2.30. The number of aromatic nitrogens is 2. The zero-order valence-electron chi connectivity index (χ0n) is 12.4. The Labute approximate surface area is 136 Å². The van der Waals surface area contributed by atoms with E-state index in [1.807, 2.05) is 36.4 Å². The van der Waals surface area contributed by atoms with Gasteiger partial charge in [0, 0.05) is 35.6 Å². The number of nitrogens with zero attached hydrogens (tertiary/aromatic N) is 2. The van der Waals surface area contributed by atoms with Crippen LogP contribution in [0.15, 0.2) is 48.8 Å². The number of hydrogen-bond acceptors (Lipinski definition) is 5. The predicted molar refractivity (Wildman–Crippen MR) is 87.3 cm³/mol. The summed E-state index contributed by atoms with van der Waals surface area (Å²) in [7, 11) is 1.59. The van der Waals surface area contributed by atoms with Crippen molar-refractivity contribution in [2.75, 3.05) is 7.11 Å². The fourth-order valence-corrected chi connectivity index (χ4v) is 2.59. The van der Waals surface area contributed by atoms with Gasteiger partial charge in [-0.15, -0.1) is 0 Å². The van der Waals surface area contributed by atoms with Crippen LogP contribution in [-0.2, 0) is 17.8 Å². The van der Waals surface area contributed by atoms with Crippen molar-refractivity contribution in [1.82, 2.24) is 14.7 Å². The Morgan fingerprint density at radius 2 is 2.00 bits per heavy atom. The second-order valence-corrected chi connectivity index (χ2v) is 5.61. The van der Waals surface area contributed by atoms with Gasteiger partial charge in [-0.25, -0.2) is 4.72 Å². The molecule has 0 aliphatic carbocycles. The molecule has 2 aromatic heterocycles. The second-order valence-electron chi connectivity index (χ2n) is 4.85. The van der Waals surface area contributed by atoms with E-state index in [1.54, 1.807) is 19.5 Å². The van der Waals surface area contributed by atoms with Crippen LogP contribution in [0, 0.1) is 0 Å². The molecule has 23 heavy (non-hydrogen) atoms. The summed E-state index contributed by atoms with van der Waals surface area (Å²) in [4.78, 5) is 8.75. The van der Waals surface area contributed by atoms with E-state index < -0.39 is 11.3 Å². The van der Waals surface area contributed by atoms with E-state index in [0.29, 0.717) is 5.75 Å². The molecule has 0 aliphatic rings. The Kier molecular flexibility index (Phi) is 4.61. The number of rotatable bonds is 5. The van der Waals surface area contributed by atoms with Crippen molar-refractivity contribution in [2.45, 2.75) is 6.54 Å². The van der Waals surface area contributed by atoms with Gasteiger partial charge < -0.3 is 9.29 Å². The zero-order valence-corrected chi connectivity index (χ0v) is 13.2. The largest absolute Gasteiger partial charge is 0.760 e. The summed E-state index contributed by atoms with van der Waals surface area (Å²) in [5.41, 5.74) is 4.38. The SMILES string of the molecule is COc1cnc2c(-c3ccc(CNS(=O)[O-])cc3)ccnc2c1. The van der Waals surface area contributed by atoms with Gasteiger partial charge in [0.15, 0.2) is 0 Å². The molecule has 0 radical (unpaired) electrons. The molecule has 0 spiro atoms. The quantitative estimate of drug-likeness (QED) is 0.725. The van der Waals surface area contributed by atoms with Crippen LogP contribution in [0.1, 0.15) is 5.56 Å². The number of pyridine rings is 2. The van der Waals surface area contributed by atoms with E-state index in [9.17, 15) is 8.76 Å². The van der Waals surface area contributed by atoms with Gasteiger partial charge in [-0.2, -0.15) is 0 Å². The number of fused-ring (bicyclic) bond motifs is 1. The van der Waals surface area contributed by atoms with Crippen molar-refractivity contribution in [2.24, 2.45) is 0 Å². The van der Waals surface area contributed by atoms with Crippen molar-refractivity contribution in [1.29, 1.82) is 0 Å². The number of ether oxygens (including phenoxy) is 1. The van der Waals surface area contributed by atoms with E-state index in [2.05, 4.69) is 14.7 Å². The fraction of sp³-hybridized carbons (Fsp3) is 0.125. The van der Waals surface area contributed by atoms with Gasteiger partial charge >= 0.3 is 0 Å². The third kappa shape index (κ3) is 3.53. The molecule has 1 unspecified atom stereocenters. The summed E-state index contributed by atoms with van der Waals surface area (Å²) in [6.45, 7) is 0.267. The first kappa shape index (κ1) is 15.5. The number of benzene rings is 1. The van der Waals surface area contributed by atoms with Gasteiger partial charge in [-0.05, 0) is 17.2 Å². The molecular weight excluding hydrogens is 314 g/mol. The Hall–Kier alpha value is -2.35. The van der Waals surface area contributed by atoms with Gasteiger partial charge in [-0.1, -0.05) is 24.3 Å². The van der Waals surface area contributed by atoms with E-state index in [-0.39, 0.29) is 6.54 Å². The molecule has 2 heterocycles. The Morgan fingerprint density at radius 1 is 1.22 bits per heavy atom. The Morgan fingerprint density at radius 3 is 2.70 bits per heavy atom. The zero-order chi connectivity index (χ0) is 16.2. The first-order valence-corrected chi connectivity index (χ1v) is 7.95. The normalized spacial score (nSPS) is 12.3. The number of methoxy groups -OCH3 is 1. The molecule has 3 aromatic rings. The molecule has 118 valence electrons. The van der Waals surface area contributed by atoms with Gasteiger partial charge in [-0.3, -0.25) is 14.2 Å². The average Bonchev–Trinajstić information content (AvgIpc) is 2.59. The van der Waals surface area contributed by atoms with Gasteiger partial charge in [0.1, 0.15) is 5.75 Å². The minimum Gasteiger partial charge on any atom is -0.760 e. The van der Waals surface area contributed by atoms with Crippen LogP contribution in [0.4, 0.5) is 0 Å². The monoisotopic (exact) mass is 328 g/mol. The molecule has 0 aliphatic heterocycles. The molecule has 1 aromatic carbocycles. The van der Waals surface area contributed by atoms with Crippen molar-refractivity contribution in [3.8, 4) is 16.9 Å². The third-order valence-electron chi connectivity index (χ3n) is 3.45. The van der Waals surface area contributed by atoms with Crippen molar-refractivity contribution in [3.63, 3.8) is 0 Å². The summed E-state index contributed by atoms with van der Waals surface area (Å²) in [5, 5.41) is 0. The highest BCUT2D eigenvalue weighted by molar-refractivity contribution is 7.77. The average molecular weight is 328 g/mol. The molecule has 0 fully saturated rings. The standard InChI is InChI=1S/C16H15N3O3S/c1-22-13-8-15-16(18-10-13)14(6-7-17-15)12-4-2-11(3-5-12)9-19-23(20)21/h2-8,10,19H,9H2,1H3,(H,20,21)/p-1. The van der Waals surface area contributed by atoms with E-state index >= 15 is 0 Å². The minimum atomic E-state index is -2.26. The number of nitrogens with one attached hydrogen (secondary N) is 1. The van der Waals surface area contributed by atoms with Crippen LogP contribution < -0.4 is 9.46 Å². The van der Waals surface area contributed by atoms with Crippen LogP contribution in [-0.4, -0.2) is 25.8 Å². The highest BCUT2D eigenvalue weighted by atomic mass is 32.2. The van der Waals surface area contributed by atoms with Crippen molar-refractivity contribution < 1.29 is 13.5 Å². The molecule has 1 N–H and O–H groups in total. The van der Waals surface area contributed by atoms with E-state index in [0.717, 1.165) is 27.7 Å². The number of hydrogen-bond donors (Lipinski definition) is 1. The smallest absolute Gasteiger partial charge is 0.139 e. The maximum Gasteiger partial charge on any atom is 0.139 e. The van der Waals surface area contributed by atoms with Crippen LogP contribution in [0.2, 0.25) is 0 Å². The minimum absolute atomic E-state index is 0.267. The van der Waals surface area contributed by atoms with Crippen molar-refractivity contribution >= 4 is 22.3 Å². The van der Waals surface area contributed by atoms with Gasteiger partial charge in [0.25, 0.3) is 0 Å². The highest BCUT2D eigenvalue weighted by Crippen LogP contribution is 2.27. The maximum atomic E-state index is 10.5. The molecule has 7 heteroatoms. The summed E-state index contributed by atoms with van der Waals surface area (Å²) in [5.74, 6) is 0.661. The summed E-state index contributed by atoms with van der Waals surface area (Å²) in [6, 6.07) is 11.4. The molecule has 0 amide bonds. The first-order valence-electron chi connectivity index (χ1n) is 6.88. The summed E-state index contributed by atoms with van der Waals surface area (Å²) in [6.07, 6.45) is 3.39. The van der Waals surface area contributed by atoms with E-state index in [1.165, 1.54) is 0 Å². The Bertz CT molecular complexity index is 853. The molecule has 0 saturated carbocycles. The van der Waals surface area contributed by atoms with Gasteiger partial charge in [0.2, 0.25) is 0 Å². The lowest BCUT2D eigenvalue weighted by atomic mass is 10.0. The molecule has 0 saturated heterocycles. The van der Waals surface area contributed by atoms with Gasteiger partial charge in [0.05, 0.1) is 24.3 Å².